The first kappa shape index (κ1) is 21.9. The summed E-state index contributed by atoms with van der Waals surface area (Å²) in [5, 5.41) is 12.6. The van der Waals surface area contributed by atoms with Crippen LogP contribution in [-0.4, -0.2) is 64.0 Å². The molecule has 2 aliphatic rings. The standard InChI is InChI=1S/C20H29FN6O.ClH/c1-2-6-19(20-22-23-24-27(20)15-16-7-5-14-28-16)26-12-10-25(11-13-26)18-9-4-3-8-17(18)21;/h3-4,8-9,16,19H,2,5-7,10-15H2,1H3;1H. The van der Waals surface area contributed by atoms with Gasteiger partial charge in [0.2, 0.25) is 0 Å². The van der Waals surface area contributed by atoms with Crippen molar-refractivity contribution in [3.8, 4) is 0 Å². The maximum absolute atomic E-state index is 14.1. The molecule has 0 aliphatic carbocycles. The second-order valence-electron chi connectivity index (χ2n) is 7.63. The highest BCUT2D eigenvalue weighted by Gasteiger charge is 2.30. The Morgan fingerprint density at radius 3 is 2.69 bits per heavy atom. The van der Waals surface area contributed by atoms with Crippen molar-refractivity contribution in [2.24, 2.45) is 0 Å². The minimum Gasteiger partial charge on any atom is -0.376 e. The Balaban J connectivity index is 0.00000240. The Labute approximate surface area is 177 Å². The predicted molar refractivity (Wildman–Crippen MR) is 112 cm³/mol. The van der Waals surface area contributed by atoms with Gasteiger partial charge in [-0.3, -0.25) is 4.90 Å². The lowest BCUT2D eigenvalue weighted by molar-refractivity contribution is 0.0891. The minimum absolute atomic E-state index is 0. The van der Waals surface area contributed by atoms with Crippen LogP contribution >= 0.6 is 12.4 Å². The fourth-order valence-electron chi connectivity index (χ4n) is 4.29. The quantitative estimate of drug-likeness (QED) is 0.680. The van der Waals surface area contributed by atoms with E-state index in [9.17, 15) is 4.39 Å². The second-order valence-corrected chi connectivity index (χ2v) is 7.63. The molecule has 0 amide bonds. The molecule has 7 nitrogen and oxygen atoms in total. The molecule has 0 N–H and O–H groups in total. The number of hydrogen-bond acceptors (Lipinski definition) is 6. The van der Waals surface area contributed by atoms with Crippen LogP contribution in [0.3, 0.4) is 0 Å². The maximum atomic E-state index is 14.1. The summed E-state index contributed by atoms with van der Waals surface area (Å²) < 4.78 is 21.8. The van der Waals surface area contributed by atoms with E-state index in [1.54, 1.807) is 6.07 Å². The van der Waals surface area contributed by atoms with Crippen molar-refractivity contribution in [1.82, 2.24) is 25.1 Å². The fourth-order valence-corrected chi connectivity index (χ4v) is 4.29. The van der Waals surface area contributed by atoms with E-state index in [0.29, 0.717) is 5.69 Å². The maximum Gasteiger partial charge on any atom is 0.168 e. The number of ether oxygens (including phenoxy) is 1. The molecule has 3 heterocycles. The lowest BCUT2D eigenvalue weighted by Gasteiger charge is -2.39. The van der Waals surface area contributed by atoms with E-state index in [2.05, 4.69) is 32.2 Å². The third kappa shape index (κ3) is 5.05. The summed E-state index contributed by atoms with van der Waals surface area (Å²) in [6.45, 7) is 7.08. The SMILES string of the molecule is CCCC(c1nnnn1CC1CCCO1)N1CCN(c2ccccc2F)CC1.Cl. The third-order valence-electron chi connectivity index (χ3n) is 5.77. The zero-order chi connectivity index (χ0) is 19.3. The van der Waals surface area contributed by atoms with E-state index in [4.69, 9.17) is 4.74 Å². The first-order chi connectivity index (χ1) is 13.8. The van der Waals surface area contributed by atoms with Crippen molar-refractivity contribution < 1.29 is 9.13 Å². The molecule has 2 fully saturated rings. The summed E-state index contributed by atoms with van der Waals surface area (Å²) in [6.07, 6.45) is 4.45. The van der Waals surface area contributed by atoms with Gasteiger partial charge in [0, 0.05) is 32.8 Å². The van der Waals surface area contributed by atoms with E-state index < -0.39 is 0 Å². The molecule has 4 rings (SSSR count). The molecule has 160 valence electrons. The van der Waals surface area contributed by atoms with E-state index in [0.717, 1.165) is 70.8 Å². The number of halogens is 2. The minimum atomic E-state index is -0.151. The van der Waals surface area contributed by atoms with Crippen LogP contribution in [0.15, 0.2) is 24.3 Å². The molecule has 0 spiro atoms. The first-order valence-corrected chi connectivity index (χ1v) is 10.4. The van der Waals surface area contributed by atoms with E-state index >= 15 is 0 Å². The molecule has 2 aromatic rings. The number of rotatable bonds is 7. The summed E-state index contributed by atoms with van der Waals surface area (Å²) in [5.74, 6) is 0.776. The van der Waals surface area contributed by atoms with Gasteiger partial charge in [-0.2, -0.15) is 0 Å². The molecule has 1 aromatic heterocycles. The molecule has 0 radical (unpaired) electrons. The van der Waals surface area contributed by atoms with E-state index in [1.807, 2.05) is 16.8 Å². The summed E-state index contributed by atoms with van der Waals surface area (Å²) in [7, 11) is 0. The van der Waals surface area contributed by atoms with E-state index in [-0.39, 0.29) is 30.4 Å². The normalized spacial score (nSPS) is 21.2. The van der Waals surface area contributed by atoms with Crippen LogP contribution in [0.5, 0.6) is 0 Å². The van der Waals surface area contributed by atoms with Crippen LogP contribution in [0.2, 0.25) is 0 Å². The highest BCUT2D eigenvalue weighted by Crippen LogP contribution is 2.28. The van der Waals surface area contributed by atoms with Crippen LogP contribution in [0.25, 0.3) is 0 Å². The number of hydrogen-bond donors (Lipinski definition) is 0. The molecule has 2 atom stereocenters. The second kappa shape index (κ2) is 10.3. The van der Waals surface area contributed by atoms with Crippen molar-refractivity contribution in [2.75, 3.05) is 37.7 Å². The Bertz CT molecular complexity index is 761. The number of benzene rings is 1. The molecular weight excluding hydrogens is 395 g/mol. The summed E-state index contributed by atoms with van der Waals surface area (Å²) in [4.78, 5) is 4.57. The lowest BCUT2D eigenvalue weighted by Crippen LogP contribution is -2.48. The number of piperazine rings is 1. The van der Waals surface area contributed by atoms with Gasteiger partial charge in [0.25, 0.3) is 0 Å². The molecule has 0 saturated carbocycles. The van der Waals surface area contributed by atoms with Gasteiger partial charge in [-0.15, -0.1) is 17.5 Å². The van der Waals surface area contributed by atoms with Crippen molar-refractivity contribution in [3.05, 3.63) is 35.9 Å². The van der Waals surface area contributed by atoms with Crippen molar-refractivity contribution in [3.63, 3.8) is 0 Å². The van der Waals surface area contributed by atoms with Gasteiger partial charge in [0.05, 0.1) is 24.4 Å². The van der Waals surface area contributed by atoms with Gasteiger partial charge in [-0.25, -0.2) is 9.07 Å². The van der Waals surface area contributed by atoms with Crippen molar-refractivity contribution >= 4 is 18.1 Å². The number of para-hydroxylation sites is 1. The number of tetrazole rings is 1. The van der Waals surface area contributed by atoms with Crippen LogP contribution in [0.4, 0.5) is 10.1 Å². The zero-order valence-corrected chi connectivity index (χ0v) is 17.7. The molecule has 1 aromatic carbocycles. The predicted octanol–water partition coefficient (Wildman–Crippen LogP) is 3.08. The van der Waals surface area contributed by atoms with Crippen LogP contribution in [-0.2, 0) is 11.3 Å². The van der Waals surface area contributed by atoms with Gasteiger partial charge in [-0.1, -0.05) is 25.5 Å². The smallest absolute Gasteiger partial charge is 0.168 e. The van der Waals surface area contributed by atoms with Crippen molar-refractivity contribution in [2.45, 2.75) is 51.3 Å². The Kier molecular flexibility index (Phi) is 7.80. The van der Waals surface area contributed by atoms with Gasteiger partial charge in [0.1, 0.15) is 5.82 Å². The molecule has 2 aliphatic heterocycles. The Hall–Kier alpha value is -1.77. The fraction of sp³-hybridized carbons (Fsp3) is 0.650. The molecule has 2 saturated heterocycles. The summed E-state index contributed by atoms with van der Waals surface area (Å²) in [5.41, 5.74) is 0.692. The summed E-state index contributed by atoms with van der Waals surface area (Å²) in [6, 6.07) is 7.20. The van der Waals surface area contributed by atoms with Crippen LogP contribution in [0, 0.1) is 5.82 Å². The lowest BCUT2D eigenvalue weighted by atomic mass is 10.1. The van der Waals surface area contributed by atoms with Crippen molar-refractivity contribution in [1.29, 1.82) is 0 Å². The largest absolute Gasteiger partial charge is 0.376 e. The number of nitrogens with zero attached hydrogens (tertiary/aromatic N) is 6. The molecule has 2 unspecified atom stereocenters. The summed E-state index contributed by atoms with van der Waals surface area (Å²) >= 11 is 0. The zero-order valence-electron chi connectivity index (χ0n) is 16.9. The van der Waals surface area contributed by atoms with Gasteiger partial charge in [0.15, 0.2) is 5.82 Å². The van der Waals surface area contributed by atoms with Crippen LogP contribution in [0.1, 0.15) is 44.5 Å². The van der Waals surface area contributed by atoms with E-state index in [1.165, 1.54) is 6.07 Å². The molecule has 29 heavy (non-hydrogen) atoms. The monoisotopic (exact) mass is 424 g/mol. The Morgan fingerprint density at radius 1 is 1.21 bits per heavy atom. The average molecular weight is 425 g/mol. The molecular formula is C20H30ClFN6O. The van der Waals surface area contributed by atoms with Gasteiger partial charge < -0.3 is 9.64 Å². The topological polar surface area (TPSA) is 59.3 Å². The molecule has 9 heteroatoms. The Morgan fingerprint density at radius 2 is 2.00 bits per heavy atom. The third-order valence-corrected chi connectivity index (χ3v) is 5.77. The van der Waals surface area contributed by atoms with Gasteiger partial charge in [-0.05, 0) is 41.8 Å². The highest BCUT2D eigenvalue weighted by atomic mass is 35.5. The number of aromatic nitrogens is 4. The molecule has 0 bridgehead atoms. The number of anilines is 1. The average Bonchev–Trinajstić information content (AvgIpc) is 3.39. The van der Waals surface area contributed by atoms with Gasteiger partial charge >= 0.3 is 0 Å². The first-order valence-electron chi connectivity index (χ1n) is 10.4. The highest BCUT2D eigenvalue weighted by molar-refractivity contribution is 5.85. The van der Waals surface area contributed by atoms with Crippen LogP contribution < -0.4 is 4.90 Å².